The van der Waals surface area contributed by atoms with Gasteiger partial charge < -0.3 is 9.47 Å². The van der Waals surface area contributed by atoms with E-state index in [9.17, 15) is 4.79 Å². The number of hydrogen-bond donors (Lipinski definition) is 0. The van der Waals surface area contributed by atoms with Gasteiger partial charge in [0.15, 0.2) is 0 Å². The van der Waals surface area contributed by atoms with Gasteiger partial charge in [0, 0.05) is 33.2 Å². The lowest BCUT2D eigenvalue weighted by Gasteiger charge is -2.42. The molecular formula is C17H19BrN4O3S. The van der Waals surface area contributed by atoms with Gasteiger partial charge in [-0.05, 0) is 17.5 Å². The van der Waals surface area contributed by atoms with E-state index in [2.05, 4.69) is 30.8 Å². The Morgan fingerprint density at radius 3 is 2.81 bits per heavy atom. The van der Waals surface area contributed by atoms with Gasteiger partial charge in [0.05, 0.1) is 12.7 Å². The molecule has 0 saturated carbocycles. The second-order valence-electron chi connectivity index (χ2n) is 6.10. The van der Waals surface area contributed by atoms with E-state index in [4.69, 9.17) is 21.6 Å². The van der Waals surface area contributed by atoms with Gasteiger partial charge in [0.1, 0.15) is 12.0 Å². The molecule has 0 bridgehead atoms. The number of ether oxygens (including phenoxy) is 2. The smallest absolute Gasteiger partial charge is 0.302 e. The van der Waals surface area contributed by atoms with Gasteiger partial charge in [-0.2, -0.15) is 0 Å². The summed E-state index contributed by atoms with van der Waals surface area (Å²) in [5.74, 6) is -0.553. The van der Waals surface area contributed by atoms with Crippen molar-refractivity contribution in [2.75, 3.05) is 6.61 Å². The molecule has 0 aliphatic carbocycles. The van der Waals surface area contributed by atoms with Crippen molar-refractivity contribution >= 4 is 39.3 Å². The SMILES string of the molecule is [C-]#[N+]c1ccc(Br)cc1S[C@H]1OC(COC(C)=O)[C@H](C)[C@H](N=[N+]=[N-])C1C. The van der Waals surface area contributed by atoms with Gasteiger partial charge >= 0.3 is 5.97 Å². The van der Waals surface area contributed by atoms with Crippen LogP contribution in [0.3, 0.4) is 0 Å². The summed E-state index contributed by atoms with van der Waals surface area (Å²) in [5.41, 5.74) is 9.13. The fourth-order valence-corrected chi connectivity index (χ4v) is 4.64. The topological polar surface area (TPSA) is 88.6 Å². The minimum atomic E-state index is -0.383. The highest BCUT2D eigenvalue weighted by Gasteiger charge is 2.42. The highest BCUT2D eigenvalue weighted by Crippen LogP contribution is 2.43. The molecule has 1 aromatic carbocycles. The lowest BCUT2D eigenvalue weighted by atomic mass is 9.85. The van der Waals surface area contributed by atoms with Crippen molar-refractivity contribution in [3.05, 3.63) is 44.5 Å². The van der Waals surface area contributed by atoms with Crippen molar-refractivity contribution in [2.24, 2.45) is 17.0 Å². The van der Waals surface area contributed by atoms with Crippen molar-refractivity contribution in [3.63, 3.8) is 0 Å². The van der Waals surface area contributed by atoms with Crippen LogP contribution in [0.4, 0.5) is 5.69 Å². The molecule has 0 amide bonds. The van der Waals surface area contributed by atoms with Gasteiger partial charge in [0.25, 0.3) is 0 Å². The minimum Gasteiger partial charge on any atom is -0.463 e. The fourth-order valence-electron chi connectivity index (χ4n) is 2.88. The van der Waals surface area contributed by atoms with E-state index >= 15 is 0 Å². The Morgan fingerprint density at radius 1 is 1.46 bits per heavy atom. The van der Waals surface area contributed by atoms with Crippen LogP contribution in [-0.4, -0.2) is 30.2 Å². The first-order chi connectivity index (χ1) is 12.4. The van der Waals surface area contributed by atoms with Crippen molar-refractivity contribution in [3.8, 4) is 0 Å². The summed E-state index contributed by atoms with van der Waals surface area (Å²) in [5, 5.41) is 3.95. The number of hydrogen-bond acceptors (Lipinski definition) is 5. The van der Waals surface area contributed by atoms with Gasteiger partial charge in [-0.15, -0.1) is 11.8 Å². The second-order valence-corrected chi connectivity index (χ2v) is 8.16. The first kappa shape index (κ1) is 20.6. The third-order valence-electron chi connectivity index (χ3n) is 4.32. The molecule has 0 aromatic heterocycles. The van der Waals surface area contributed by atoms with Crippen LogP contribution < -0.4 is 0 Å². The molecule has 138 valence electrons. The van der Waals surface area contributed by atoms with Crippen LogP contribution in [0.1, 0.15) is 20.8 Å². The van der Waals surface area contributed by atoms with E-state index in [0.717, 1.165) is 9.37 Å². The molecule has 1 saturated heterocycles. The fraction of sp³-hybridized carbons (Fsp3) is 0.529. The largest absolute Gasteiger partial charge is 0.463 e. The number of carbonyl (C=O) groups excluding carboxylic acids is 1. The number of thioether (sulfide) groups is 1. The van der Waals surface area contributed by atoms with E-state index in [1.807, 2.05) is 26.0 Å². The molecule has 5 atom stereocenters. The van der Waals surface area contributed by atoms with Crippen molar-refractivity contribution in [1.29, 1.82) is 0 Å². The maximum atomic E-state index is 11.2. The summed E-state index contributed by atoms with van der Waals surface area (Å²) in [4.78, 5) is 18.5. The molecule has 1 fully saturated rings. The van der Waals surface area contributed by atoms with Gasteiger partial charge in [-0.3, -0.25) is 4.79 Å². The molecular weight excluding hydrogens is 420 g/mol. The Balaban J connectivity index is 2.28. The molecule has 9 heteroatoms. The normalized spacial score (nSPS) is 27.9. The van der Waals surface area contributed by atoms with Crippen LogP contribution >= 0.6 is 27.7 Å². The lowest BCUT2D eigenvalue weighted by Crippen LogP contribution is -2.48. The van der Waals surface area contributed by atoms with Crippen molar-refractivity contribution < 1.29 is 14.3 Å². The van der Waals surface area contributed by atoms with Crippen molar-refractivity contribution in [2.45, 2.75) is 43.2 Å². The molecule has 2 unspecified atom stereocenters. The number of carbonyl (C=O) groups is 1. The summed E-state index contributed by atoms with van der Waals surface area (Å²) in [6.07, 6.45) is -0.383. The van der Waals surface area contributed by atoms with Crippen LogP contribution in [0, 0.1) is 18.4 Å². The van der Waals surface area contributed by atoms with Gasteiger partial charge in [-0.25, -0.2) is 4.85 Å². The van der Waals surface area contributed by atoms with E-state index in [1.165, 1.54) is 18.7 Å². The Morgan fingerprint density at radius 2 is 2.19 bits per heavy atom. The molecule has 1 aliphatic rings. The maximum Gasteiger partial charge on any atom is 0.302 e. The number of esters is 1. The molecule has 0 N–H and O–H groups in total. The zero-order chi connectivity index (χ0) is 19.3. The predicted molar refractivity (Wildman–Crippen MR) is 103 cm³/mol. The van der Waals surface area contributed by atoms with Crippen LogP contribution in [-0.2, 0) is 14.3 Å². The average Bonchev–Trinajstić information content (AvgIpc) is 2.60. The van der Waals surface area contributed by atoms with E-state index in [0.29, 0.717) is 5.69 Å². The van der Waals surface area contributed by atoms with E-state index < -0.39 is 0 Å². The van der Waals surface area contributed by atoms with Crippen LogP contribution in [0.2, 0.25) is 0 Å². The summed E-state index contributed by atoms with van der Waals surface area (Å²) in [6, 6.07) is 5.14. The number of benzene rings is 1. The van der Waals surface area contributed by atoms with E-state index in [1.54, 1.807) is 6.07 Å². The highest BCUT2D eigenvalue weighted by atomic mass is 79.9. The monoisotopic (exact) mass is 438 g/mol. The molecule has 1 heterocycles. The molecule has 0 spiro atoms. The molecule has 7 nitrogen and oxygen atoms in total. The molecule has 26 heavy (non-hydrogen) atoms. The second kappa shape index (κ2) is 9.28. The lowest BCUT2D eigenvalue weighted by molar-refractivity contribution is -0.153. The van der Waals surface area contributed by atoms with Crippen molar-refractivity contribution in [1.82, 2.24) is 0 Å². The van der Waals surface area contributed by atoms with Crippen LogP contribution in [0.25, 0.3) is 15.3 Å². The zero-order valence-electron chi connectivity index (χ0n) is 14.6. The number of halogens is 1. The average molecular weight is 439 g/mol. The standard InChI is InChI=1S/C17H19BrN4O3S/c1-9-14(8-24-11(3)23)25-17(10(2)16(9)21-22-19)26-15-7-12(18)5-6-13(15)20-4/h5-7,9-10,14,16-17H,8H2,1-3H3/t9-,10?,14?,16-,17+/m0/s1. The highest BCUT2D eigenvalue weighted by molar-refractivity contribution is 9.10. The summed E-state index contributed by atoms with van der Waals surface area (Å²) >= 11 is 4.84. The summed E-state index contributed by atoms with van der Waals surface area (Å²) in [7, 11) is 0. The molecule has 1 aromatic rings. The Labute approximate surface area is 165 Å². The zero-order valence-corrected chi connectivity index (χ0v) is 17.0. The van der Waals surface area contributed by atoms with Crippen LogP contribution in [0.5, 0.6) is 0 Å². The van der Waals surface area contributed by atoms with Crippen LogP contribution in [0.15, 0.2) is 32.7 Å². The van der Waals surface area contributed by atoms with Gasteiger partial charge in [-0.1, -0.05) is 47.0 Å². The molecule has 0 radical (unpaired) electrons. The molecule has 1 aliphatic heterocycles. The third kappa shape index (κ3) is 4.92. The number of azide groups is 1. The van der Waals surface area contributed by atoms with E-state index in [-0.39, 0.29) is 42.0 Å². The first-order valence-electron chi connectivity index (χ1n) is 8.04. The Hall–Kier alpha value is -1.72. The molecule has 2 rings (SSSR count). The maximum absolute atomic E-state index is 11.2. The summed E-state index contributed by atoms with van der Waals surface area (Å²) < 4.78 is 12.1. The predicted octanol–water partition coefficient (Wildman–Crippen LogP) is 5.33. The Bertz CT molecular complexity index is 763. The quantitative estimate of drug-likeness (QED) is 0.204. The first-order valence-corrected chi connectivity index (χ1v) is 9.71. The minimum absolute atomic E-state index is 0.0722. The van der Waals surface area contributed by atoms with Gasteiger partial charge in [0.2, 0.25) is 5.69 Å². The number of nitrogens with zero attached hydrogens (tertiary/aromatic N) is 4. The number of rotatable bonds is 5. The summed E-state index contributed by atoms with van der Waals surface area (Å²) in [6.45, 7) is 12.7. The Kier molecular flexibility index (Phi) is 7.35. The third-order valence-corrected chi connectivity index (χ3v) is 6.17.